The van der Waals surface area contributed by atoms with E-state index in [9.17, 15) is 9.59 Å². The zero-order valence-corrected chi connectivity index (χ0v) is 15.3. The van der Waals surface area contributed by atoms with E-state index in [0.29, 0.717) is 39.2 Å². The first-order valence-corrected chi connectivity index (χ1v) is 8.78. The molecule has 0 spiro atoms. The summed E-state index contributed by atoms with van der Waals surface area (Å²) in [5, 5.41) is 12.5. The van der Waals surface area contributed by atoms with Crippen molar-refractivity contribution in [2.45, 2.75) is 19.4 Å². The van der Waals surface area contributed by atoms with Gasteiger partial charge in [-0.25, -0.2) is 10.3 Å². The Morgan fingerprint density at radius 3 is 2.44 bits per heavy atom. The van der Waals surface area contributed by atoms with Gasteiger partial charge in [-0.3, -0.25) is 15.4 Å². The van der Waals surface area contributed by atoms with E-state index in [1.807, 2.05) is 30.3 Å². The van der Waals surface area contributed by atoms with E-state index in [0.717, 1.165) is 5.56 Å². The van der Waals surface area contributed by atoms with Crippen molar-refractivity contribution in [2.24, 2.45) is 10.8 Å². The van der Waals surface area contributed by atoms with Crippen molar-refractivity contribution in [3.8, 4) is 0 Å². The Morgan fingerprint density at radius 1 is 1.22 bits per heavy atom. The van der Waals surface area contributed by atoms with Crippen molar-refractivity contribution in [1.29, 1.82) is 0 Å². The number of hydrogen-bond acceptors (Lipinski definition) is 6. The van der Waals surface area contributed by atoms with Crippen LogP contribution in [0.25, 0.3) is 0 Å². The third kappa shape index (κ3) is 6.03. The Morgan fingerprint density at radius 2 is 1.85 bits per heavy atom. The average Bonchev–Trinajstić information content (AvgIpc) is 2.71. The van der Waals surface area contributed by atoms with E-state index in [-0.39, 0.29) is 18.0 Å². The molecule has 1 aromatic carbocycles. The zero-order valence-electron chi connectivity index (χ0n) is 15.3. The monoisotopic (exact) mass is 378 g/mol. The lowest BCUT2D eigenvalue weighted by Gasteiger charge is -2.35. The molecule has 1 aliphatic heterocycles. The third-order valence-electron chi connectivity index (χ3n) is 4.15. The van der Waals surface area contributed by atoms with E-state index in [4.69, 9.17) is 15.7 Å². The second-order valence-corrected chi connectivity index (χ2v) is 5.99. The maximum absolute atomic E-state index is 12.9. The molecule has 1 aliphatic rings. The Bertz CT molecular complexity index is 646. The number of hydrazone groups is 1. The topological polar surface area (TPSA) is 133 Å². The molecule has 27 heavy (non-hydrogen) atoms. The van der Waals surface area contributed by atoms with Gasteiger partial charge in [0.25, 0.3) is 0 Å². The van der Waals surface area contributed by atoms with Crippen LogP contribution in [0.4, 0.5) is 4.79 Å². The van der Waals surface area contributed by atoms with Gasteiger partial charge in [-0.05, 0) is 12.5 Å². The summed E-state index contributed by atoms with van der Waals surface area (Å²) in [7, 11) is 0. The summed E-state index contributed by atoms with van der Waals surface area (Å²) in [4.78, 5) is 28.0. The first kappa shape index (κ1) is 20.3. The van der Waals surface area contributed by atoms with Crippen molar-refractivity contribution in [2.75, 3.05) is 32.8 Å². The largest absolute Gasteiger partial charge is 0.450 e. The Hall–Kier alpha value is -3.01. The molecule has 1 saturated heterocycles. The highest BCUT2D eigenvalue weighted by Gasteiger charge is 2.29. The summed E-state index contributed by atoms with van der Waals surface area (Å²) in [5.74, 6) is -0.398. The number of nitrogens with zero attached hydrogens (tertiary/aromatic N) is 3. The van der Waals surface area contributed by atoms with Crippen LogP contribution in [0.3, 0.4) is 0 Å². The van der Waals surface area contributed by atoms with E-state index in [1.54, 1.807) is 22.2 Å². The van der Waals surface area contributed by atoms with Gasteiger partial charge in [0.2, 0.25) is 11.9 Å². The molecule has 5 N–H and O–H groups in total. The average molecular weight is 378 g/mol. The third-order valence-corrected chi connectivity index (χ3v) is 4.15. The summed E-state index contributed by atoms with van der Waals surface area (Å²) in [6.45, 7) is 3.70. The first-order valence-electron chi connectivity index (χ1n) is 8.78. The van der Waals surface area contributed by atoms with Gasteiger partial charge in [0.1, 0.15) is 6.04 Å². The number of amides is 2. The SMILES string of the molecule is CCOC(=O)N1CCN(C(=O)[C@H](Cc2ccccc2)NN=C(N)NO)CC1. The minimum absolute atomic E-state index is 0.156. The van der Waals surface area contributed by atoms with Crippen molar-refractivity contribution >= 4 is 18.0 Å². The molecule has 1 aromatic rings. The molecule has 1 heterocycles. The van der Waals surface area contributed by atoms with Crippen LogP contribution in [0.5, 0.6) is 0 Å². The first-order chi connectivity index (χ1) is 13.0. The molecule has 2 rings (SSSR count). The molecule has 0 saturated carbocycles. The Kier molecular flexibility index (Phi) is 7.68. The number of hydrogen-bond donors (Lipinski definition) is 4. The summed E-state index contributed by atoms with van der Waals surface area (Å²) in [6.07, 6.45) is 0.0370. The molecule has 0 bridgehead atoms. The maximum Gasteiger partial charge on any atom is 0.409 e. The number of nitrogens with one attached hydrogen (secondary N) is 2. The minimum atomic E-state index is -0.659. The molecule has 1 atom stereocenters. The lowest BCUT2D eigenvalue weighted by molar-refractivity contribution is -0.135. The number of ether oxygens (including phenoxy) is 1. The molecule has 2 amide bonds. The van der Waals surface area contributed by atoms with Crippen LogP contribution in [0, 0.1) is 0 Å². The van der Waals surface area contributed by atoms with Gasteiger partial charge in [-0.15, -0.1) is 5.10 Å². The van der Waals surface area contributed by atoms with Gasteiger partial charge >= 0.3 is 6.09 Å². The highest BCUT2D eigenvalue weighted by atomic mass is 16.6. The van der Waals surface area contributed by atoms with Crippen LogP contribution >= 0.6 is 0 Å². The molecule has 0 aliphatic carbocycles. The number of guanidine groups is 1. The van der Waals surface area contributed by atoms with Crippen LogP contribution in [0.2, 0.25) is 0 Å². The number of carbonyl (C=O) groups excluding carboxylic acids is 2. The fraction of sp³-hybridized carbons (Fsp3) is 0.471. The van der Waals surface area contributed by atoms with Gasteiger partial charge in [0.05, 0.1) is 6.61 Å². The van der Waals surface area contributed by atoms with E-state index < -0.39 is 6.04 Å². The number of benzene rings is 1. The van der Waals surface area contributed by atoms with Crippen molar-refractivity contribution < 1.29 is 19.5 Å². The molecule has 1 fully saturated rings. The molecule has 10 nitrogen and oxygen atoms in total. The molecular weight excluding hydrogens is 352 g/mol. The van der Waals surface area contributed by atoms with Gasteiger partial charge in [-0.2, -0.15) is 0 Å². The van der Waals surface area contributed by atoms with Gasteiger partial charge in [-0.1, -0.05) is 30.3 Å². The van der Waals surface area contributed by atoms with Crippen molar-refractivity contribution in [3.63, 3.8) is 0 Å². The lowest BCUT2D eigenvalue weighted by atomic mass is 10.0. The standard InChI is InChI=1S/C17H26N6O4/c1-2-27-17(25)23-10-8-22(9-11-23)15(24)14(19-20-16(18)21-26)12-13-6-4-3-5-7-13/h3-7,14,19,26H,2,8-12H2,1H3,(H3,18,20,21)/t14-/m0/s1. The second kappa shape index (κ2) is 10.2. The normalized spacial score (nSPS) is 15.9. The summed E-state index contributed by atoms with van der Waals surface area (Å²) in [6, 6.07) is 8.85. The maximum atomic E-state index is 12.9. The summed E-state index contributed by atoms with van der Waals surface area (Å²) >= 11 is 0. The van der Waals surface area contributed by atoms with Crippen LogP contribution in [-0.2, 0) is 16.0 Å². The lowest BCUT2D eigenvalue weighted by Crippen LogP contribution is -2.55. The zero-order chi connectivity index (χ0) is 19.6. The van der Waals surface area contributed by atoms with E-state index in [2.05, 4.69) is 10.5 Å². The van der Waals surface area contributed by atoms with E-state index >= 15 is 0 Å². The van der Waals surface area contributed by atoms with Gasteiger partial charge < -0.3 is 20.3 Å². The van der Waals surface area contributed by atoms with Crippen molar-refractivity contribution in [3.05, 3.63) is 35.9 Å². The van der Waals surface area contributed by atoms with Crippen LogP contribution < -0.4 is 16.6 Å². The smallest absolute Gasteiger partial charge is 0.409 e. The quantitative estimate of drug-likeness (QED) is 0.303. The second-order valence-electron chi connectivity index (χ2n) is 5.99. The number of nitrogens with two attached hydrogens (primary N) is 1. The molecule has 0 radical (unpaired) electrons. The fourth-order valence-electron chi connectivity index (χ4n) is 2.75. The minimum Gasteiger partial charge on any atom is -0.450 e. The van der Waals surface area contributed by atoms with Gasteiger partial charge in [0.15, 0.2) is 0 Å². The number of rotatable bonds is 6. The fourth-order valence-corrected chi connectivity index (χ4v) is 2.75. The molecule has 0 unspecified atom stereocenters. The van der Waals surface area contributed by atoms with Crippen LogP contribution in [0.1, 0.15) is 12.5 Å². The Labute approximate surface area is 157 Å². The predicted octanol–water partition coefficient (Wildman–Crippen LogP) is -0.303. The highest BCUT2D eigenvalue weighted by molar-refractivity contribution is 5.83. The predicted molar refractivity (Wildman–Crippen MR) is 98.8 cm³/mol. The van der Waals surface area contributed by atoms with Crippen LogP contribution in [-0.4, -0.2) is 71.8 Å². The molecule has 0 aromatic heterocycles. The molecular formula is C17H26N6O4. The summed E-state index contributed by atoms with van der Waals surface area (Å²) in [5.41, 5.74) is 10.8. The van der Waals surface area contributed by atoms with Gasteiger partial charge in [0, 0.05) is 32.6 Å². The molecule has 148 valence electrons. The van der Waals surface area contributed by atoms with E-state index in [1.165, 1.54) is 0 Å². The van der Waals surface area contributed by atoms with Crippen LogP contribution in [0.15, 0.2) is 35.4 Å². The molecule has 10 heteroatoms. The highest BCUT2D eigenvalue weighted by Crippen LogP contribution is 2.10. The number of carbonyl (C=O) groups is 2. The summed E-state index contributed by atoms with van der Waals surface area (Å²) < 4.78 is 4.99. The Balaban J connectivity index is 2.01. The van der Waals surface area contributed by atoms with Crippen molar-refractivity contribution in [1.82, 2.24) is 20.7 Å². The number of piperazine rings is 1. The number of hydroxylamine groups is 1.